The number of anilines is 2. The largest absolute Gasteiger partial charge is 0.444 e. The molecule has 0 fully saturated rings. The van der Waals surface area contributed by atoms with Crippen LogP contribution < -0.4 is 9.62 Å². The molecule has 3 aromatic rings. The zero-order valence-electron chi connectivity index (χ0n) is 15.3. The molecule has 8 heteroatoms. The van der Waals surface area contributed by atoms with Crippen LogP contribution in [-0.4, -0.2) is 32.1 Å². The number of carbonyl (C=O) groups is 1. The quantitative estimate of drug-likeness (QED) is 0.729. The molecule has 0 bridgehead atoms. The SMILES string of the molecule is CS(=O)(=O)N1CCCc2cc(C(=O)Nc3cccc(-c4cnco4)c3)ccc21. The van der Waals surface area contributed by atoms with Crippen molar-refractivity contribution < 1.29 is 17.6 Å². The lowest BCUT2D eigenvalue weighted by Gasteiger charge is -2.29. The van der Waals surface area contributed by atoms with Crippen molar-refractivity contribution in [1.82, 2.24) is 4.98 Å². The molecule has 1 aliphatic rings. The Morgan fingerprint density at radius 3 is 2.82 bits per heavy atom. The number of hydrogen-bond donors (Lipinski definition) is 1. The molecule has 0 saturated heterocycles. The lowest BCUT2D eigenvalue weighted by molar-refractivity contribution is 0.102. The molecule has 0 atom stereocenters. The summed E-state index contributed by atoms with van der Waals surface area (Å²) in [6, 6.07) is 12.4. The van der Waals surface area contributed by atoms with Crippen LogP contribution in [0.25, 0.3) is 11.3 Å². The molecule has 0 aliphatic carbocycles. The van der Waals surface area contributed by atoms with Gasteiger partial charge in [0.15, 0.2) is 12.2 Å². The Labute approximate surface area is 163 Å². The highest BCUT2D eigenvalue weighted by molar-refractivity contribution is 7.92. The van der Waals surface area contributed by atoms with Gasteiger partial charge in [0.2, 0.25) is 10.0 Å². The molecule has 4 rings (SSSR count). The normalized spacial score (nSPS) is 13.8. The Bertz CT molecular complexity index is 1120. The van der Waals surface area contributed by atoms with Crippen LogP contribution in [0.2, 0.25) is 0 Å². The van der Waals surface area contributed by atoms with Gasteiger partial charge in [-0.05, 0) is 48.7 Å². The van der Waals surface area contributed by atoms with E-state index in [1.165, 1.54) is 17.0 Å². The van der Waals surface area contributed by atoms with E-state index in [0.717, 1.165) is 24.0 Å². The highest BCUT2D eigenvalue weighted by Crippen LogP contribution is 2.30. The molecule has 0 saturated carbocycles. The molecule has 0 spiro atoms. The third-order valence-corrected chi connectivity index (χ3v) is 5.84. The molecular formula is C20H19N3O4S. The molecule has 1 amide bonds. The first kappa shape index (κ1) is 18.2. The van der Waals surface area contributed by atoms with Crippen molar-refractivity contribution in [3.8, 4) is 11.3 Å². The first-order chi connectivity index (χ1) is 13.4. The minimum atomic E-state index is -3.33. The van der Waals surface area contributed by atoms with Crippen molar-refractivity contribution in [2.45, 2.75) is 12.8 Å². The first-order valence-corrected chi connectivity index (χ1v) is 10.7. The van der Waals surface area contributed by atoms with E-state index in [9.17, 15) is 13.2 Å². The van der Waals surface area contributed by atoms with Gasteiger partial charge in [0.25, 0.3) is 5.91 Å². The fourth-order valence-corrected chi connectivity index (χ4v) is 4.36. The molecule has 2 aromatic carbocycles. The number of hydrogen-bond acceptors (Lipinski definition) is 5. The van der Waals surface area contributed by atoms with E-state index in [-0.39, 0.29) is 5.91 Å². The second kappa shape index (κ2) is 7.12. The van der Waals surface area contributed by atoms with Gasteiger partial charge in [-0.25, -0.2) is 13.4 Å². The number of oxazole rings is 1. The lowest BCUT2D eigenvalue weighted by Crippen LogP contribution is -2.34. The van der Waals surface area contributed by atoms with Gasteiger partial charge < -0.3 is 9.73 Å². The maximum absolute atomic E-state index is 12.7. The fraction of sp³-hybridized carbons (Fsp3) is 0.200. The van der Waals surface area contributed by atoms with E-state index in [1.54, 1.807) is 30.5 Å². The van der Waals surface area contributed by atoms with Gasteiger partial charge in [0, 0.05) is 23.4 Å². The Morgan fingerprint density at radius 1 is 1.21 bits per heavy atom. The van der Waals surface area contributed by atoms with Gasteiger partial charge in [-0.3, -0.25) is 9.10 Å². The summed E-state index contributed by atoms with van der Waals surface area (Å²) in [5, 5.41) is 2.88. The number of amides is 1. The predicted molar refractivity (Wildman–Crippen MR) is 107 cm³/mol. The molecule has 1 N–H and O–H groups in total. The van der Waals surface area contributed by atoms with Gasteiger partial charge in [0.05, 0.1) is 18.1 Å². The highest BCUT2D eigenvalue weighted by Gasteiger charge is 2.24. The van der Waals surface area contributed by atoms with E-state index in [4.69, 9.17) is 4.42 Å². The number of aryl methyl sites for hydroxylation is 1. The first-order valence-electron chi connectivity index (χ1n) is 8.83. The van der Waals surface area contributed by atoms with Crippen LogP contribution in [0.4, 0.5) is 11.4 Å². The maximum Gasteiger partial charge on any atom is 0.255 e. The van der Waals surface area contributed by atoms with Crippen LogP contribution in [0.5, 0.6) is 0 Å². The number of aromatic nitrogens is 1. The molecule has 1 aromatic heterocycles. The summed E-state index contributed by atoms with van der Waals surface area (Å²) in [5.41, 5.74) is 3.44. The Balaban J connectivity index is 1.57. The third-order valence-electron chi connectivity index (χ3n) is 4.66. The van der Waals surface area contributed by atoms with Gasteiger partial charge in [-0.1, -0.05) is 12.1 Å². The molecule has 144 valence electrons. The summed E-state index contributed by atoms with van der Waals surface area (Å²) < 4.78 is 30.6. The van der Waals surface area contributed by atoms with Crippen molar-refractivity contribution in [2.24, 2.45) is 0 Å². The minimum absolute atomic E-state index is 0.256. The fourth-order valence-electron chi connectivity index (χ4n) is 3.36. The molecule has 1 aliphatic heterocycles. The van der Waals surface area contributed by atoms with E-state index >= 15 is 0 Å². The van der Waals surface area contributed by atoms with Crippen molar-refractivity contribution in [2.75, 3.05) is 22.4 Å². The Morgan fingerprint density at radius 2 is 2.07 bits per heavy atom. The van der Waals surface area contributed by atoms with E-state index in [0.29, 0.717) is 29.2 Å². The van der Waals surface area contributed by atoms with E-state index < -0.39 is 10.0 Å². The number of benzene rings is 2. The summed E-state index contributed by atoms with van der Waals surface area (Å²) in [6.45, 7) is 0.464. The summed E-state index contributed by atoms with van der Waals surface area (Å²) >= 11 is 0. The van der Waals surface area contributed by atoms with Crippen LogP contribution in [0.1, 0.15) is 22.3 Å². The number of sulfonamides is 1. The maximum atomic E-state index is 12.7. The van der Waals surface area contributed by atoms with Gasteiger partial charge in [-0.15, -0.1) is 0 Å². The second-order valence-corrected chi connectivity index (χ2v) is 8.59. The van der Waals surface area contributed by atoms with E-state index in [1.807, 2.05) is 18.2 Å². The zero-order valence-corrected chi connectivity index (χ0v) is 16.1. The van der Waals surface area contributed by atoms with Crippen LogP contribution in [-0.2, 0) is 16.4 Å². The standard InChI is InChI=1S/C20H19N3O4S/c1-28(25,26)23-9-3-5-14-10-16(7-8-18(14)23)20(24)22-17-6-2-4-15(11-17)19-12-21-13-27-19/h2,4,6-8,10-13H,3,5,9H2,1H3,(H,22,24). The monoisotopic (exact) mass is 397 g/mol. The van der Waals surface area contributed by atoms with Crippen LogP contribution in [0, 0.1) is 0 Å². The van der Waals surface area contributed by atoms with Crippen molar-refractivity contribution in [1.29, 1.82) is 0 Å². The zero-order chi connectivity index (χ0) is 19.7. The van der Waals surface area contributed by atoms with Crippen molar-refractivity contribution in [3.05, 3.63) is 66.2 Å². The molecular weight excluding hydrogens is 378 g/mol. The molecule has 0 unspecified atom stereocenters. The number of carbonyl (C=O) groups excluding carboxylic acids is 1. The number of nitrogens with one attached hydrogen (secondary N) is 1. The molecule has 28 heavy (non-hydrogen) atoms. The minimum Gasteiger partial charge on any atom is -0.444 e. The van der Waals surface area contributed by atoms with Crippen molar-refractivity contribution >= 4 is 27.3 Å². The number of rotatable bonds is 4. The van der Waals surface area contributed by atoms with Crippen LogP contribution in [0.3, 0.4) is 0 Å². The predicted octanol–water partition coefficient (Wildman–Crippen LogP) is 3.31. The summed E-state index contributed by atoms with van der Waals surface area (Å²) in [6.07, 6.45) is 5.63. The molecule has 7 nitrogen and oxygen atoms in total. The number of nitrogens with zero attached hydrogens (tertiary/aromatic N) is 2. The summed E-state index contributed by atoms with van der Waals surface area (Å²) in [5.74, 6) is 0.361. The van der Waals surface area contributed by atoms with Gasteiger partial charge >= 0.3 is 0 Å². The summed E-state index contributed by atoms with van der Waals surface area (Å²) in [7, 11) is -3.33. The Hall–Kier alpha value is -3.13. The van der Waals surface area contributed by atoms with E-state index in [2.05, 4.69) is 10.3 Å². The van der Waals surface area contributed by atoms with Crippen LogP contribution in [0.15, 0.2) is 59.5 Å². The lowest BCUT2D eigenvalue weighted by atomic mass is 10.0. The third kappa shape index (κ3) is 3.63. The smallest absolute Gasteiger partial charge is 0.255 e. The highest BCUT2D eigenvalue weighted by atomic mass is 32.2. The molecule has 2 heterocycles. The topological polar surface area (TPSA) is 92.5 Å². The van der Waals surface area contributed by atoms with Gasteiger partial charge in [0.1, 0.15) is 0 Å². The van der Waals surface area contributed by atoms with Gasteiger partial charge in [-0.2, -0.15) is 0 Å². The van der Waals surface area contributed by atoms with Crippen molar-refractivity contribution in [3.63, 3.8) is 0 Å². The summed E-state index contributed by atoms with van der Waals surface area (Å²) in [4.78, 5) is 16.6. The Kier molecular flexibility index (Phi) is 4.64. The second-order valence-electron chi connectivity index (χ2n) is 6.68. The molecule has 0 radical (unpaired) electrons. The number of fused-ring (bicyclic) bond motifs is 1. The van der Waals surface area contributed by atoms with Crippen LogP contribution >= 0.6 is 0 Å². The average molecular weight is 397 g/mol. The average Bonchev–Trinajstić information content (AvgIpc) is 3.21.